The number of anilines is 1. The minimum Gasteiger partial charge on any atom is -0.385 e. The van der Waals surface area contributed by atoms with Gasteiger partial charge in [0.05, 0.1) is 11.7 Å². The Labute approximate surface area is 203 Å². The van der Waals surface area contributed by atoms with Crippen molar-refractivity contribution in [2.75, 3.05) is 24.5 Å². The van der Waals surface area contributed by atoms with E-state index in [0.29, 0.717) is 23.4 Å². The van der Waals surface area contributed by atoms with Crippen LogP contribution in [0, 0.1) is 0 Å². The highest BCUT2D eigenvalue weighted by molar-refractivity contribution is 8.01. The first kappa shape index (κ1) is 24.2. The number of carbonyl (C=O) groups is 1. The Morgan fingerprint density at radius 3 is 2.79 bits per heavy atom. The van der Waals surface area contributed by atoms with Crippen molar-refractivity contribution in [2.45, 2.75) is 61.1 Å². The summed E-state index contributed by atoms with van der Waals surface area (Å²) in [6.07, 6.45) is 3.06. The molecule has 6 N–H and O–H groups in total. The van der Waals surface area contributed by atoms with Crippen LogP contribution < -0.4 is 21.7 Å². The third-order valence-electron chi connectivity index (χ3n) is 6.29. The number of primary amides is 1. The van der Waals surface area contributed by atoms with Gasteiger partial charge in [-0.1, -0.05) is 42.8 Å². The van der Waals surface area contributed by atoms with Gasteiger partial charge < -0.3 is 26.8 Å². The van der Waals surface area contributed by atoms with Crippen molar-refractivity contribution in [1.82, 2.24) is 15.3 Å². The summed E-state index contributed by atoms with van der Waals surface area (Å²) in [7, 11) is 0. The summed E-state index contributed by atoms with van der Waals surface area (Å²) in [4.78, 5) is 23.2. The molecule has 8 nitrogen and oxygen atoms in total. The molecule has 0 aliphatic carbocycles. The second-order valence-corrected chi connectivity index (χ2v) is 10.2. The number of hydrogen-bond donors (Lipinski definition) is 4. The number of pyridine rings is 2. The standard InChI is InChI=1S/C23H31ClN6O2S/c1-2-4-13-11-18(29-23-19(13)20(25)21(33-23)22(26)32)30-9-7-14(8-10-30)27-12-16(31)15-5-3-6-17(24)28-15/h3,5-6,11,14,16,20-21,27,31H,2,4,7-10,12,25H2,1H3,(H2,26,32)/t16-,20?,21?/m1/s1. The van der Waals surface area contributed by atoms with Crippen LogP contribution in [-0.4, -0.2) is 51.9 Å². The van der Waals surface area contributed by atoms with E-state index in [4.69, 9.17) is 28.1 Å². The first-order valence-electron chi connectivity index (χ1n) is 11.4. The number of nitrogens with two attached hydrogens (primary N) is 2. The summed E-state index contributed by atoms with van der Waals surface area (Å²) in [5.41, 5.74) is 14.6. The Morgan fingerprint density at radius 2 is 2.12 bits per heavy atom. The van der Waals surface area contributed by atoms with Gasteiger partial charge in [0.1, 0.15) is 27.4 Å². The lowest BCUT2D eigenvalue weighted by atomic mass is 9.97. The zero-order valence-corrected chi connectivity index (χ0v) is 20.3. The predicted octanol–water partition coefficient (Wildman–Crippen LogP) is 2.33. The summed E-state index contributed by atoms with van der Waals surface area (Å²) in [6.45, 7) is 4.28. The third kappa shape index (κ3) is 5.44. The van der Waals surface area contributed by atoms with Crippen molar-refractivity contribution in [3.63, 3.8) is 0 Å². The zero-order valence-electron chi connectivity index (χ0n) is 18.7. The summed E-state index contributed by atoms with van der Waals surface area (Å²) in [5.74, 6) is 0.542. The largest absolute Gasteiger partial charge is 0.385 e. The van der Waals surface area contributed by atoms with E-state index >= 15 is 0 Å². The van der Waals surface area contributed by atoms with Crippen LogP contribution in [0.5, 0.6) is 0 Å². The number of halogens is 1. The molecule has 2 aromatic heterocycles. The lowest BCUT2D eigenvalue weighted by molar-refractivity contribution is -0.117. The molecular weight excluding hydrogens is 460 g/mol. The van der Waals surface area contributed by atoms with Crippen molar-refractivity contribution < 1.29 is 9.90 Å². The van der Waals surface area contributed by atoms with E-state index in [-0.39, 0.29) is 0 Å². The third-order valence-corrected chi connectivity index (χ3v) is 7.81. The number of nitrogens with zero attached hydrogens (tertiary/aromatic N) is 3. The number of fused-ring (bicyclic) bond motifs is 1. The van der Waals surface area contributed by atoms with Gasteiger partial charge in [-0.3, -0.25) is 4.79 Å². The molecule has 2 unspecified atom stereocenters. The smallest absolute Gasteiger partial charge is 0.232 e. The van der Waals surface area contributed by atoms with Gasteiger partial charge >= 0.3 is 0 Å². The quantitative estimate of drug-likeness (QED) is 0.415. The number of aliphatic hydroxyl groups excluding tert-OH is 1. The molecular formula is C23H31ClN6O2S. The molecule has 2 aliphatic rings. The molecule has 33 heavy (non-hydrogen) atoms. The molecule has 0 saturated carbocycles. The van der Waals surface area contributed by atoms with Crippen LogP contribution in [-0.2, 0) is 11.2 Å². The number of hydrogen-bond acceptors (Lipinski definition) is 8. The van der Waals surface area contributed by atoms with E-state index in [0.717, 1.165) is 55.2 Å². The van der Waals surface area contributed by atoms with Gasteiger partial charge in [0.25, 0.3) is 0 Å². The number of nitrogens with one attached hydrogen (secondary N) is 1. The second kappa shape index (κ2) is 10.6. The fourth-order valence-corrected chi connectivity index (χ4v) is 5.89. The fourth-order valence-electron chi connectivity index (χ4n) is 4.54. The van der Waals surface area contributed by atoms with Gasteiger partial charge in [0, 0.05) is 31.2 Å². The predicted molar refractivity (Wildman–Crippen MR) is 131 cm³/mol. The van der Waals surface area contributed by atoms with Crippen LogP contribution in [0.2, 0.25) is 5.15 Å². The van der Waals surface area contributed by atoms with Crippen LogP contribution in [0.3, 0.4) is 0 Å². The molecule has 4 heterocycles. The highest BCUT2D eigenvalue weighted by Gasteiger charge is 2.38. The molecule has 178 valence electrons. The lowest BCUT2D eigenvalue weighted by Gasteiger charge is -2.34. The van der Waals surface area contributed by atoms with Crippen LogP contribution in [0.15, 0.2) is 29.3 Å². The van der Waals surface area contributed by atoms with Gasteiger partial charge in [0.2, 0.25) is 5.91 Å². The van der Waals surface area contributed by atoms with Crippen LogP contribution in [0.4, 0.5) is 5.82 Å². The minimum atomic E-state index is -0.698. The summed E-state index contributed by atoms with van der Waals surface area (Å²) < 4.78 is 0. The molecule has 4 rings (SSSR count). The Bertz CT molecular complexity index is 1000. The summed E-state index contributed by atoms with van der Waals surface area (Å²) in [6, 6.07) is 7.30. The van der Waals surface area contributed by atoms with E-state index in [9.17, 15) is 9.90 Å². The number of thioether (sulfide) groups is 1. The molecule has 3 atom stereocenters. The maximum Gasteiger partial charge on any atom is 0.232 e. The number of aryl methyl sites for hydroxylation is 1. The van der Waals surface area contributed by atoms with Crippen molar-refractivity contribution in [2.24, 2.45) is 11.5 Å². The molecule has 1 fully saturated rings. The Hall–Kier alpha value is -1.91. The van der Waals surface area contributed by atoms with E-state index in [1.807, 2.05) is 0 Å². The summed E-state index contributed by atoms with van der Waals surface area (Å²) in [5, 5.41) is 14.6. The Balaban J connectivity index is 1.38. The number of carbonyl (C=O) groups excluding carboxylic acids is 1. The normalized spacial score (nSPS) is 21.8. The van der Waals surface area contributed by atoms with Crippen molar-refractivity contribution in [3.05, 3.63) is 46.2 Å². The lowest BCUT2D eigenvalue weighted by Crippen LogP contribution is -2.44. The number of aliphatic hydroxyl groups is 1. The number of aromatic nitrogens is 2. The maximum absolute atomic E-state index is 11.8. The molecule has 10 heteroatoms. The molecule has 1 amide bonds. The summed E-state index contributed by atoms with van der Waals surface area (Å²) >= 11 is 7.31. The van der Waals surface area contributed by atoms with Gasteiger partial charge in [-0.15, -0.1) is 0 Å². The van der Waals surface area contributed by atoms with Crippen molar-refractivity contribution in [3.8, 4) is 0 Å². The SMILES string of the molecule is CCCc1cc(N2CCC(NC[C@@H](O)c3cccc(Cl)n3)CC2)nc2c1C(N)C(C(N)=O)S2. The van der Waals surface area contributed by atoms with Crippen LogP contribution in [0.25, 0.3) is 0 Å². The van der Waals surface area contributed by atoms with Gasteiger partial charge in [-0.05, 0) is 43.0 Å². The highest BCUT2D eigenvalue weighted by Crippen LogP contribution is 2.45. The molecule has 0 aromatic carbocycles. The topological polar surface area (TPSA) is 130 Å². The average Bonchev–Trinajstić information content (AvgIpc) is 3.15. The van der Waals surface area contributed by atoms with E-state index in [1.54, 1.807) is 18.2 Å². The minimum absolute atomic E-state index is 0.307. The van der Waals surface area contributed by atoms with E-state index < -0.39 is 23.3 Å². The van der Waals surface area contributed by atoms with Crippen molar-refractivity contribution >= 4 is 35.1 Å². The molecule has 2 aliphatic heterocycles. The molecule has 0 spiro atoms. The molecule has 0 radical (unpaired) electrons. The molecule has 0 bridgehead atoms. The van der Waals surface area contributed by atoms with Crippen LogP contribution >= 0.6 is 23.4 Å². The van der Waals surface area contributed by atoms with Gasteiger partial charge in [0.15, 0.2) is 0 Å². The Kier molecular flexibility index (Phi) is 7.76. The van der Waals surface area contributed by atoms with E-state index in [2.05, 4.69) is 28.2 Å². The monoisotopic (exact) mass is 490 g/mol. The average molecular weight is 491 g/mol. The maximum atomic E-state index is 11.8. The van der Waals surface area contributed by atoms with E-state index in [1.165, 1.54) is 17.3 Å². The first-order valence-corrected chi connectivity index (χ1v) is 12.7. The fraction of sp³-hybridized carbons (Fsp3) is 0.522. The highest BCUT2D eigenvalue weighted by atomic mass is 35.5. The number of piperidine rings is 1. The number of rotatable bonds is 8. The zero-order chi connectivity index (χ0) is 23.5. The van der Waals surface area contributed by atoms with Crippen molar-refractivity contribution in [1.29, 1.82) is 0 Å². The molecule has 1 saturated heterocycles. The first-order chi connectivity index (χ1) is 15.9. The second-order valence-electron chi connectivity index (χ2n) is 8.65. The van der Waals surface area contributed by atoms with Crippen LogP contribution in [0.1, 0.15) is 55.2 Å². The van der Waals surface area contributed by atoms with Gasteiger partial charge in [-0.25, -0.2) is 9.97 Å². The Morgan fingerprint density at radius 1 is 1.36 bits per heavy atom. The van der Waals surface area contributed by atoms with Gasteiger partial charge in [-0.2, -0.15) is 0 Å². The molecule has 2 aromatic rings. The number of amides is 1.